The van der Waals surface area contributed by atoms with Gasteiger partial charge in [-0.25, -0.2) is 0 Å². The molecule has 0 bridgehead atoms. The van der Waals surface area contributed by atoms with E-state index in [1.807, 2.05) is 24.4 Å². The summed E-state index contributed by atoms with van der Waals surface area (Å²) in [5.74, 6) is 0. The summed E-state index contributed by atoms with van der Waals surface area (Å²) < 4.78 is 1.53. The molecule has 0 aliphatic rings. The van der Waals surface area contributed by atoms with Gasteiger partial charge in [0.15, 0.2) is 0 Å². The van der Waals surface area contributed by atoms with E-state index >= 15 is 0 Å². The lowest BCUT2D eigenvalue weighted by molar-refractivity contribution is -0.385. The maximum absolute atomic E-state index is 10.9. The van der Waals surface area contributed by atoms with Crippen LogP contribution in [0.1, 0.15) is 17.8 Å². The summed E-state index contributed by atoms with van der Waals surface area (Å²) in [6, 6.07) is 7.09. The second kappa shape index (κ2) is 6.02. The highest BCUT2D eigenvalue weighted by Gasteiger charge is 2.15. The molecule has 7 heteroatoms. The summed E-state index contributed by atoms with van der Waals surface area (Å²) in [5, 5.41) is 16.1. The third-order valence-corrected chi connectivity index (χ3v) is 5.29. The largest absolute Gasteiger partial charge is 0.377 e. The SMILES string of the molecule is CC(Nc1ccc(Br)c([N+](=O)[O-])c1)c1sccc1Br. The number of anilines is 1. The Morgan fingerprint density at radius 2 is 2.05 bits per heavy atom. The Morgan fingerprint density at radius 3 is 2.63 bits per heavy atom. The van der Waals surface area contributed by atoms with Crippen LogP contribution >= 0.6 is 43.2 Å². The molecule has 1 unspecified atom stereocenters. The maximum Gasteiger partial charge on any atom is 0.285 e. The Hall–Kier alpha value is -0.920. The molecule has 0 saturated heterocycles. The van der Waals surface area contributed by atoms with Crippen LogP contribution in [0.5, 0.6) is 0 Å². The van der Waals surface area contributed by atoms with Crippen LogP contribution < -0.4 is 5.32 Å². The predicted molar refractivity (Wildman–Crippen MR) is 84.9 cm³/mol. The molecule has 19 heavy (non-hydrogen) atoms. The number of nitro groups is 1. The van der Waals surface area contributed by atoms with Crippen LogP contribution in [0.25, 0.3) is 0 Å². The van der Waals surface area contributed by atoms with Gasteiger partial charge in [-0.2, -0.15) is 0 Å². The average Bonchev–Trinajstić information content (AvgIpc) is 2.77. The third-order valence-electron chi connectivity index (χ3n) is 2.56. The van der Waals surface area contributed by atoms with E-state index < -0.39 is 4.92 Å². The molecule has 0 saturated carbocycles. The van der Waals surface area contributed by atoms with E-state index in [-0.39, 0.29) is 11.7 Å². The van der Waals surface area contributed by atoms with Gasteiger partial charge in [0, 0.05) is 21.1 Å². The smallest absolute Gasteiger partial charge is 0.285 e. The molecule has 0 radical (unpaired) electrons. The van der Waals surface area contributed by atoms with Gasteiger partial charge in [-0.3, -0.25) is 10.1 Å². The van der Waals surface area contributed by atoms with Gasteiger partial charge in [-0.05, 0) is 62.4 Å². The van der Waals surface area contributed by atoms with Crippen LogP contribution in [-0.2, 0) is 0 Å². The van der Waals surface area contributed by atoms with Gasteiger partial charge in [-0.15, -0.1) is 11.3 Å². The molecule has 1 N–H and O–H groups in total. The van der Waals surface area contributed by atoms with E-state index in [4.69, 9.17) is 0 Å². The van der Waals surface area contributed by atoms with Crippen molar-refractivity contribution in [2.75, 3.05) is 5.32 Å². The lowest BCUT2D eigenvalue weighted by atomic mass is 10.2. The van der Waals surface area contributed by atoms with E-state index in [0.29, 0.717) is 4.47 Å². The van der Waals surface area contributed by atoms with Gasteiger partial charge >= 0.3 is 0 Å². The number of nitrogens with zero attached hydrogens (tertiary/aromatic N) is 1. The minimum absolute atomic E-state index is 0.0578. The first kappa shape index (κ1) is 14.5. The van der Waals surface area contributed by atoms with Crippen molar-refractivity contribution in [2.45, 2.75) is 13.0 Å². The van der Waals surface area contributed by atoms with Crippen molar-refractivity contribution in [2.24, 2.45) is 0 Å². The van der Waals surface area contributed by atoms with Crippen LogP contribution in [0.4, 0.5) is 11.4 Å². The lowest BCUT2D eigenvalue weighted by Crippen LogP contribution is -2.05. The molecular formula is C12H10Br2N2O2S. The van der Waals surface area contributed by atoms with Crippen LogP contribution in [0.15, 0.2) is 38.6 Å². The highest BCUT2D eigenvalue weighted by atomic mass is 79.9. The number of hydrogen-bond acceptors (Lipinski definition) is 4. The van der Waals surface area contributed by atoms with Crippen molar-refractivity contribution in [3.63, 3.8) is 0 Å². The molecule has 1 atom stereocenters. The standard InChI is InChI=1S/C12H10Br2N2O2S/c1-7(12-10(14)4-5-19-12)15-8-2-3-9(13)11(6-8)16(17)18/h2-7,15H,1H3. The van der Waals surface area contributed by atoms with E-state index in [0.717, 1.165) is 15.0 Å². The van der Waals surface area contributed by atoms with Crippen LogP contribution in [-0.4, -0.2) is 4.92 Å². The number of nitrogens with one attached hydrogen (secondary N) is 1. The molecule has 0 spiro atoms. The predicted octanol–water partition coefficient (Wildman–Crippen LogP) is 5.35. The first-order chi connectivity index (χ1) is 8.99. The van der Waals surface area contributed by atoms with Gasteiger partial charge in [-0.1, -0.05) is 0 Å². The van der Waals surface area contributed by atoms with Crippen LogP contribution in [0.3, 0.4) is 0 Å². The van der Waals surface area contributed by atoms with Gasteiger partial charge in [0.1, 0.15) is 0 Å². The minimum Gasteiger partial charge on any atom is -0.377 e. The molecule has 2 aromatic rings. The van der Waals surface area contributed by atoms with Gasteiger partial charge in [0.2, 0.25) is 0 Å². The van der Waals surface area contributed by atoms with Crippen molar-refractivity contribution in [3.05, 3.63) is 53.6 Å². The molecule has 0 amide bonds. The molecule has 0 aliphatic carbocycles. The Bertz CT molecular complexity index is 616. The number of halogens is 2. The fraction of sp³-hybridized carbons (Fsp3) is 0.167. The van der Waals surface area contributed by atoms with Gasteiger partial charge < -0.3 is 5.32 Å². The summed E-state index contributed by atoms with van der Waals surface area (Å²) >= 11 is 8.29. The number of benzene rings is 1. The molecule has 1 aromatic carbocycles. The molecule has 2 rings (SSSR count). The second-order valence-electron chi connectivity index (χ2n) is 3.92. The average molecular weight is 406 g/mol. The highest BCUT2D eigenvalue weighted by molar-refractivity contribution is 9.11. The molecule has 1 aromatic heterocycles. The zero-order valence-electron chi connectivity index (χ0n) is 9.89. The van der Waals surface area contributed by atoms with Crippen molar-refractivity contribution < 1.29 is 4.92 Å². The quantitative estimate of drug-likeness (QED) is 0.550. The Labute approximate surface area is 131 Å². The Morgan fingerprint density at radius 1 is 1.32 bits per heavy atom. The molecule has 100 valence electrons. The maximum atomic E-state index is 10.9. The normalized spacial score (nSPS) is 12.2. The van der Waals surface area contributed by atoms with Crippen LogP contribution in [0, 0.1) is 10.1 Å². The fourth-order valence-electron chi connectivity index (χ4n) is 1.67. The Kier molecular flexibility index (Phi) is 4.59. The molecule has 0 aliphatic heterocycles. The fourth-order valence-corrected chi connectivity index (χ4v) is 3.79. The van der Waals surface area contributed by atoms with Gasteiger partial charge in [0.25, 0.3) is 5.69 Å². The number of thiophene rings is 1. The summed E-state index contributed by atoms with van der Waals surface area (Å²) in [6.45, 7) is 2.02. The number of hydrogen-bond donors (Lipinski definition) is 1. The Balaban J connectivity index is 2.22. The van der Waals surface area contributed by atoms with Crippen molar-refractivity contribution in [1.82, 2.24) is 0 Å². The zero-order chi connectivity index (χ0) is 14.0. The number of nitro benzene ring substituents is 1. The molecular weight excluding hydrogens is 396 g/mol. The zero-order valence-corrected chi connectivity index (χ0v) is 13.9. The summed E-state index contributed by atoms with van der Waals surface area (Å²) in [4.78, 5) is 11.6. The second-order valence-corrected chi connectivity index (χ2v) is 6.58. The molecule has 0 fully saturated rings. The van der Waals surface area contributed by atoms with Crippen LogP contribution in [0.2, 0.25) is 0 Å². The summed E-state index contributed by atoms with van der Waals surface area (Å²) in [7, 11) is 0. The van der Waals surface area contributed by atoms with E-state index in [2.05, 4.69) is 37.2 Å². The molecule has 1 heterocycles. The van der Waals surface area contributed by atoms with E-state index in [1.165, 1.54) is 6.07 Å². The van der Waals surface area contributed by atoms with E-state index in [1.54, 1.807) is 17.4 Å². The van der Waals surface area contributed by atoms with Crippen molar-refractivity contribution >= 4 is 54.6 Å². The monoisotopic (exact) mass is 404 g/mol. The minimum atomic E-state index is -0.402. The highest BCUT2D eigenvalue weighted by Crippen LogP contribution is 2.33. The first-order valence-corrected chi connectivity index (χ1v) is 7.89. The van der Waals surface area contributed by atoms with E-state index in [9.17, 15) is 10.1 Å². The summed E-state index contributed by atoms with van der Waals surface area (Å²) in [6.07, 6.45) is 0. The number of rotatable bonds is 4. The molecule has 4 nitrogen and oxygen atoms in total. The third kappa shape index (κ3) is 3.34. The van der Waals surface area contributed by atoms with Crippen molar-refractivity contribution in [3.8, 4) is 0 Å². The first-order valence-electron chi connectivity index (χ1n) is 5.42. The van der Waals surface area contributed by atoms with Gasteiger partial charge in [0.05, 0.1) is 15.4 Å². The topological polar surface area (TPSA) is 55.2 Å². The lowest BCUT2D eigenvalue weighted by Gasteiger charge is -2.14. The summed E-state index contributed by atoms with van der Waals surface area (Å²) in [5.41, 5.74) is 0.783. The van der Waals surface area contributed by atoms with Crippen molar-refractivity contribution in [1.29, 1.82) is 0 Å².